The van der Waals surface area contributed by atoms with Crippen LogP contribution in [-0.4, -0.2) is 48.6 Å². The minimum Gasteiger partial charge on any atom is -0.497 e. The third kappa shape index (κ3) is 5.15. The Kier molecular flexibility index (Phi) is 8.72. The lowest BCUT2D eigenvalue weighted by atomic mass is 9.83. The van der Waals surface area contributed by atoms with Crippen LogP contribution in [-0.2, 0) is 23.9 Å². The van der Waals surface area contributed by atoms with Crippen LogP contribution in [0.1, 0.15) is 53.0 Å². The molecule has 1 aromatic rings. The number of carbonyl (C=O) groups is 3. The Morgan fingerprint density at radius 1 is 1.00 bits per heavy atom. The summed E-state index contributed by atoms with van der Waals surface area (Å²) in [5.74, 6) is -0.602. The van der Waals surface area contributed by atoms with Crippen molar-refractivity contribution in [1.29, 1.82) is 0 Å². The SMILES string of the molecule is CCCC(=O)N1c2ccc(OC)cc2C(=C2SC(C(=O)OCC)=C(C(=O)OCC)S2)C(=S)C1(C)C. The summed E-state index contributed by atoms with van der Waals surface area (Å²) in [5.41, 5.74) is 1.29. The van der Waals surface area contributed by atoms with Crippen molar-refractivity contribution in [2.75, 3.05) is 25.2 Å². The van der Waals surface area contributed by atoms with Crippen LogP contribution >= 0.6 is 35.7 Å². The summed E-state index contributed by atoms with van der Waals surface area (Å²) in [6.07, 6.45) is 1.09. The van der Waals surface area contributed by atoms with Crippen molar-refractivity contribution in [1.82, 2.24) is 0 Å². The number of benzene rings is 1. The maximum atomic E-state index is 13.2. The van der Waals surface area contributed by atoms with Crippen LogP contribution < -0.4 is 9.64 Å². The fraction of sp³-hybridized carbons (Fsp3) is 0.440. The third-order valence-electron chi connectivity index (χ3n) is 5.49. The molecule has 10 heteroatoms. The number of esters is 2. The van der Waals surface area contributed by atoms with Gasteiger partial charge in [-0.15, -0.1) is 0 Å². The molecule has 0 saturated carbocycles. The first-order valence-electron chi connectivity index (χ1n) is 11.4. The molecule has 0 radical (unpaired) electrons. The van der Waals surface area contributed by atoms with E-state index in [0.717, 1.165) is 23.5 Å². The number of fused-ring (bicyclic) bond motifs is 1. The number of hydrogen-bond acceptors (Lipinski definition) is 9. The summed E-state index contributed by atoms with van der Waals surface area (Å²) in [7, 11) is 1.57. The average molecular weight is 536 g/mol. The number of rotatable bonds is 7. The van der Waals surface area contributed by atoms with Gasteiger partial charge in [-0.3, -0.25) is 4.79 Å². The van der Waals surface area contributed by atoms with Crippen LogP contribution in [0.15, 0.2) is 32.2 Å². The quantitative estimate of drug-likeness (QED) is 0.256. The molecule has 35 heavy (non-hydrogen) atoms. The van der Waals surface area contributed by atoms with Crippen LogP contribution in [0.5, 0.6) is 5.75 Å². The van der Waals surface area contributed by atoms with E-state index in [0.29, 0.717) is 44.5 Å². The Morgan fingerprint density at radius 2 is 1.57 bits per heavy atom. The van der Waals surface area contributed by atoms with Crippen molar-refractivity contribution in [2.24, 2.45) is 0 Å². The van der Waals surface area contributed by atoms with Crippen LogP contribution in [0.3, 0.4) is 0 Å². The molecule has 0 N–H and O–H groups in total. The van der Waals surface area contributed by atoms with E-state index in [-0.39, 0.29) is 28.9 Å². The minimum atomic E-state index is -0.816. The molecule has 3 rings (SSSR count). The molecule has 0 unspecified atom stereocenters. The number of thiocarbonyl (C=S) groups is 1. The smallest absolute Gasteiger partial charge is 0.346 e. The number of ether oxygens (including phenoxy) is 3. The lowest BCUT2D eigenvalue weighted by Gasteiger charge is -2.45. The van der Waals surface area contributed by atoms with Gasteiger partial charge in [-0.05, 0) is 52.3 Å². The van der Waals surface area contributed by atoms with E-state index in [9.17, 15) is 14.4 Å². The summed E-state index contributed by atoms with van der Waals surface area (Å²) in [5, 5.41) is 0. The van der Waals surface area contributed by atoms with Gasteiger partial charge in [0, 0.05) is 17.6 Å². The molecular formula is C25H29NO6S3. The number of amides is 1. The second kappa shape index (κ2) is 11.2. The predicted octanol–water partition coefficient (Wildman–Crippen LogP) is 5.48. The lowest BCUT2D eigenvalue weighted by Crippen LogP contribution is -2.55. The van der Waals surface area contributed by atoms with Crippen LogP contribution in [0, 0.1) is 0 Å². The number of methoxy groups -OCH3 is 1. The van der Waals surface area contributed by atoms with Gasteiger partial charge in [0.05, 0.1) is 40.7 Å². The van der Waals surface area contributed by atoms with Gasteiger partial charge < -0.3 is 19.1 Å². The van der Waals surface area contributed by atoms with Crippen molar-refractivity contribution in [3.8, 4) is 5.75 Å². The van der Waals surface area contributed by atoms with Gasteiger partial charge in [0.15, 0.2) is 0 Å². The second-order valence-corrected chi connectivity index (χ2v) is 10.9. The molecule has 0 atom stereocenters. The molecule has 2 aliphatic heterocycles. The molecule has 0 spiro atoms. The van der Waals surface area contributed by atoms with Crippen molar-refractivity contribution in [3.05, 3.63) is 37.8 Å². The maximum Gasteiger partial charge on any atom is 0.346 e. The normalized spacial score (nSPS) is 16.9. The van der Waals surface area contributed by atoms with E-state index in [4.69, 9.17) is 26.4 Å². The average Bonchev–Trinajstić information content (AvgIpc) is 3.25. The summed E-state index contributed by atoms with van der Waals surface area (Å²) < 4.78 is 16.5. The fourth-order valence-electron chi connectivity index (χ4n) is 3.91. The molecule has 0 fully saturated rings. The molecule has 1 aromatic carbocycles. The Balaban J connectivity index is 2.23. The molecule has 0 saturated heterocycles. The van der Waals surface area contributed by atoms with Gasteiger partial charge in [0.1, 0.15) is 15.6 Å². The highest BCUT2D eigenvalue weighted by molar-refractivity contribution is 8.29. The van der Waals surface area contributed by atoms with Gasteiger partial charge >= 0.3 is 11.9 Å². The van der Waals surface area contributed by atoms with Crippen molar-refractivity contribution < 1.29 is 28.6 Å². The van der Waals surface area contributed by atoms with Gasteiger partial charge in [-0.2, -0.15) is 0 Å². The van der Waals surface area contributed by atoms with E-state index in [1.54, 1.807) is 31.9 Å². The Labute approximate surface area is 219 Å². The van der Waals surface area contributed by atoms with Crippen LogP contribution in [0.4, 0.5) is 5.69 Å². The Bertz CT molecular complexity index is 1110. The molecule has 0 bridgehead atoms. The van der Waals surface area contributed by atoms with Crippen LogP contribution in [0.25, 0.3) is 5.57 Å². The first-order chi connectivity index (χ1) is 16.6. The van der Waals surface area contributed by atoms with Crippen molar-refractivity contribution >= 4 is 69.7 Å². The monoisotopic (exact) mass is 535 g/mol. The van der Waals surface area contributed by atoms with E-state index in [1.165, 1.54) is 0 Å². The van der Waals surface area contributed by atoms with E-state index in [2.05, 4.69) is 0 Å². The second-order valence-electron chi connectivity index (χ2n) is 8.22. The van der Waals surface area contributed by atoms with Crippen LogP contribution in [0.2, 0.25) is 0 Å². The maximum absolute atomic E-state index is 13.2. The predicted molar refractivity (Wildman–Crippen MR) is 144 cm³/mol. The molecule has 1 amide bonds. The number of thioether (sulfide) groups is 2. The standard InChI is InChI=1S/C25H29NO6S3/c1-7-10-17(27)26-16-12-11-14(30-6)13-15(16)18(21(33)25(26,4)5)24-34-19(22(28)31-8-2)20(35-24)23(29)32-9-3/h11-13H,7-10H2,1-6H3. The zero-order valence-electron chi connectivity index (χ0n) is 20.7. The first-order valence-corrected chi connectivity index (χ1v) is 13.4. The van der Waals surface area contributed by atoms with Crippen molar-refractivity contribution in [2.45, 2.75) is 53.0 Å². The highest BCUT2D eigenvalue weighted by Gasteiger charge is 2.46. The number of nitrogens with zero attached hydrogens (tertiary/aromatic N) is 1. The van der Waals surface area contributed by atoms with Gasteiger partial charge in [-0.1, -0.05) is 42.7 Å². The number of carbonyl (C=O) groups excluding carboxylic acids is 3. The lowest BCUT2D eigenvalue weighted by molar-refractivity contribution is -0.140. The summed E-state index contributed by atoms with van der Waals surface area (Å²) in [4.78, 5) is 41.3. The molecule has 2 heterocycles. The molecule has 7 nitrogen and oxygen atoms in total. The van der Waals surface area contributed by atoms with Gasteiger partial charge in [-0.25, -0.2) is 9.59 Å². The fourth-order valence-corrected chi connectivity index (χ4v) is 6.89. The minimum absolute atomic E-state index is 0.0282. The third-order valence-corrected chi connectivity index (χ3v) is 8.75. The molecule has 0 aromatic heterocycles. The largest absolute Gasteiger partial charge is 0.497 e. The summed E-state index contributed by atoms with van der Waals surface area (Å²) >= 11 is 8.27. The Morgan fingerprint density at radius 3 is 2.06 bits per heavy atom. The highest BCUT2D eigenvalue weighted by Crippen LogP contribution is 2.56. The number of anilines is 1. The zero-order chi connectivity index (χ0) is 25.9. The molecule has 2 aliphatic rings. The zero-order valence-corrected chi connectivity index (χ0v) is 23.1. The van der Waals surface area contributed by atoms with Gasteiger partial charge in [0.25, 0.3) is 0 Å². The van der Waals surface area contributed by atoms with E-state index < -0.39 is 17.5 Å². The molecule has 0 aliphatic carbocycles. The van der Waals surface area contributed by atoms with Gasteiger partial charge in [0.2, 0.25) is 5.91 Å². The summed E-state index contributed by atoms with van der Waals surface area (Å²) in [6, 6.07) is 5.49. The molecular weight excluding hydrogens is 506 g/mol. The van der Waals surface area contributed by atoms with E-state index >= 15 is 0 Å². The molecule has 188 valence electrons. The van der Waals surface area contributed by atoms with E-state index in [1.807, 2.05) is 32.9 Å². The first kappa shape index (κ1) is 27.3. The number of hydrogen-bond donors (Lipinski definition) is 0. The van der Waals surface area contributed by atoms with Crippen molar-refractivity contribution in [3.63, 3.8) is 0 Å². The summed E-state index contributed by atoms with van der Waals surface area (Å²) in [6.45, 7) is 9.54. The highest BCUT2D eigenvalue weighted by atomic mass is 32.2. The Hall–Kier alpha value is -2.30. The topological polar surface area (TPSA) is 82.1 Å².